The number of nitrogens with zero attached hydrogens (tertiary/aromatic N) is 2. The number of likely N-dealkylation sites (tertiary alicyclic amines) is 1. The van der Waals surface area contributed by atoms with Gasteiger partial charge in [0.05, 0.1) is 11.9 Å². The van der Waals surface area contributed by atoms with Crippen molar-refractivity contribution >= 4 is 5.69 Å². The quantitative estimate of drug-likeness (QED) is 0.893. The lowest BCUT2D eigenvalue weighted by atomic mass is 9.93. The monoisotopic (exact) mass is 286 g/mol. The van der Waals surface area contributed by atoms with Crippen molar-refractivity contribution in [3.63, 3.8) is 0 Å². The van der Waals surface area contributed by atoms with Crippen LogP contribution in [0.15, 0.2) is 42.6 Å². The van der Waals surface area contributed by atoms with Crippen molar-refractivity contribution in [1.82, 2.24) is 15.6 Å². The van der Waals surface area contributed by atoms with E-state index in [9.17, 15) is 0 Å². The van der Waals surface area contributed by atoms with E-state index in [1.165, 1.54) is 18.5 Å². The zero-order chi connectivity index (χ0) is 14.8. The van der Waals surface area contributed by atoms with Gasteiger partial charge in [0.1, 0.15) is 0 Å². The number of hydrogen-bond donors (Lipinski definition) is 2. The summed E-state index contributed by atoms with van der Waals surface area (Å²) in [5.74, 6) is 0. The predicted octanol–water partition coefficient (Wildman–Crippen LogP) is 2.31. The molecule has 2 aliphatic heterocycles. The summed E-state index contributed by atoms with van der Waals surface area (Å²) in [6.45, 7) is 4.64. The third-order valence-corrected chi connectivity index (χ3v) is 4.80. The summed E-state index contributed by atoms with van der Waals surface area (Å²) in [5, 5.41) is 5.82. The summed E-state index contributed by atoms with van der Waals surface area (Å²) < 4.78 is 0. The summed E-state index contributed by atoms with van der Waals surface area (Å²) in [6, 6.07) is 12.2. The molecule has 1 aromatic carbocycles. The minimum Gasteiger partial charge on any atom is -0.301 e. The topological polar surface area (TPSA) is 30.5 Å². The van der Waals surface area contributed by atoms with Gasteiger partial charge in [-0.3, -0.25) is 10.3 Å². The van der Waals surface area contributed by atoms with Crippen LogP contribution < -0.4 is 15.8 Å². The van der Waals surface area contributed by atoms with Crippen LogP contribution >= 0.6 is 0 Å². The van der Waals surface area contributed by atoms with Gasteiger partial charge in [0, 0.05) is 24.3 Å². The first-order valence-corrected chi connectivity index (χ1v) is 7.90. The van der Waals surface area contributed by atoms with Crippen LogP contribution in [0.1, 0.15) is 26.7 Å². The highest BCUT2D eigenvalue weighted by Gasteiger charge is 2.30. The van der Waals surface area contributed by atoms with Gasteiger partial charge in [0.25, 0.3) is 0 Å². The van der Waals surface area contributed by atoms with Gasteiger partial charge < -0.3 is 4.90 Å². The molecule has 21 heavy (non-hydrogen) atoms. The SMILES string of the molecule is CC1CC(NC2C=CN(c3ccccc3)N2)CC(C)N1C. The lowest BCUT2D eigenvalue weighted by Crippen LogP contribution is -2.55. The van der Waals surface area contributed by atoms with E-state index in [-0.39, 0.29) is 6.17 Å². The molecule has 1 fully saturated rings. The summed E-state index contributed by atoms with van der Waals surface area (Å²) in [5.41, 5.74) is 4.66. The van der Waals surface area contributed by atoms with Gasteiger partial charge in [0.2, 0.25) is 0 Å². The smallest absolute Gasteiger partial charge is 0.0963 e. The molecule has 0 amide bonds. The number of rotatable bonds is 3. The highest BCUT2D eigenvalue weighted by atomic mass is 15.6. The Morgan fingerprint density at radius 1 is 1.10 bits per heavy atom. The number of para-hydroxylation sites is 1. The Bertz CT molecular complexity index is 475. The average Bonchev–Trinajstić information content (AvgIpc) is 2.94. The molecular formula is C17H26N4. The van der Waals surface area contributed by atoms with Crippen LogP contribution in [0.25, 0.3) is 0 Å². The third-order valence-electron chi connectivity index (χ3n) is 4.80. The third kappa shape index (κ3) is 3.28. The molecule has 2 aliphatic rings. The van der Waals surface area contributed by atoms with Gasteiger partial charge in [-0.05, 0) is 51.9 Å². The Balaban J connectivity index is 1.55. The second kappa shape index (κ2) is 6.18. The maximum Gasteiger partial charge on any atom is 0.0963 e. The molecule has 0 radical (unpaired) electrons. The molecule has 2 N–H and O–H groups in total. The van der Waals surface area contributed by atoms with Crippen molar-refractivity contribution in [2.45, 2.75) is 51.0 Å². The molecule has 114 valence electrons. The van der Waals surface area contributed by atoms with Gasteiger partial charge in [-0.25, -0.2) is 5.43 Å². The fourth-order valence-electron chi connectivity index (χ4n) is 3.33. The number of anilines is 1. The molecule has 0 aromatic heterocycles. The molecule has 4 nitrogen and oxygen atoms in total. The van der Waals surface area contributed by atoms with Crippen LogP contribution in [0.5, 0.6) is 0 Å². The lowest BCUT2D eigenvalue weighted by Gasteiger charge is -2.41. The first-order chi connectivity index (χ1) is 10.1. The van der Waals surface area contributed by atoms with Crippen molar-refractivity contribution in [2.24, 2.45) is 0 Å². The molecule has 0 bridgehead atoms. The summed E-state index contributed by atoms with van der Waals surface area (Å²) in [7, 11) is 2.23. The molecule has 1 aromatic rings. The van der Waals surface area contributed by atoms with Crippen LogP contribution in [0.3, 0.4) is 0 Å². The number of benzene rings is 1. The van der Waals surface area contributed by atoms with Gasteiger partial charge in [-0.2, -0.15) is 0 Å². The van der Waals surface area contributed by atoms with E-state index < -0.39 is 0 Å². The molecule has 3 atom stereocenters. The number of hydrazine groups is 1. The second-order valence-corrected chi connectivity index (χ2v) is 6.35. The number of piperidine rings is 1. The maximum atomic E-state index is 3.73. The maximum absolute atomic E-state index is 3.73. The predicted molar refractivity (Wildman–Crippen MR) is 87.8 cm³/mol. The zero-order valence-electron chi connectivity index (χ0n) is 13.2. The van der Waals surface area contributed by atoms with Gasteiger partial charge in [-0.1, -0.05) is 18.2 Å². The van der Waals surface area contributed by atoms with Crippen molar-refractivity contribution in [2.75, 3.05) is 12.1 Å². The first kappa shape index (κ1) is 14.6. The van der Waals surface area contributed by atoms with Crippen molar-refractivity contribution < 1.29 is 0 Å². The second-order valence-electron chi connectivity index (χ2n) is 6.35. The fourth-order valence-corrected chi connectivity index (χ4v) is 3.33. The van der Waals surface area contributed by atoms with E-state index in [1.54, 1.807) is 0 Å². The Hall–Kier alpha value is -1.36. The Kier molecular flexibility index (Phi) is 4.29. The van der Waals surface area contributed by atoms with Gasteiger partial charge in [-0.15, -0.1) is 0 Å². The summed E-state index contributed by atoms with van der Waals surface area (Å²) in [6.07, 6.45) is 6.93. The van der Waals surface area contributed by atoms with Crippen molar-refractivity contribution in [3.05, 3.63) is 42.6 Å². The van der Waals surface area contributed by atoms with E-state index in [1.807, 2.05) is 6.07 Å². The van der Waals surface area contributed by atoms with Crippen LogP contribution in [-0.4, -0.2) is 36.2 Å². The van der Waals surface area contributed by atoms with Crippen molar-refractivity contribution in [3.8, 4) is 0 Å². The van der Waals surface area contributed by atoms with Crippen LogP contribution in [0, 0.1) is 0 Å². The lowest BCUT2D eigenvalue weighted by molar-refractivity contribution is 0.108. The van der Waals surface area contributed by atoms with Crippen molar-refractivity contribution in [1.29, 1.82) is 0 Å². The molecule has 0 saturated carbocycles. The Morgan fingerprint density at radius 2 is 1.76 bits per heavy atom. The van der Waals surface area contributed by atoms with E-state index in [4.69, 9.17) is 0 Å². The fraction of sp³-hybridized carbons (Fsp3) is 0.529. The van der Waals surface area contributed by atoms with E-state index in [2.05, 4.69) is 78.1 Å². The highest BCUT2D eigenvalue weighted by Crippen LogP contribution is 2.22. The average molecular weight is 286 g/mol. The standard InChI is InChI=1S/C17H26N4/c1-13-11-15(12-14(2)20(13)3)18-17-9-10-21(19-17)16-7-5-4-6-8-16/h4-10,13-15,17-19H,11-12H2,1-3H3. The highest BCUT2D eigenvalue weighted by molar-refractivity contribution is 5.49. The Morgan fingerprint density at radius 3 is 2.43 bits per heavy atom. The van der Waals surface area contributed by atoms with Crippen LogP contribution in [0.4, 0.5) is 5.69 Å². The van der Waals surface area contributed by atoms with Gasteiger partial charge in [0.15, 0.2) is 0 Å². The molecular weight excluding hydrogens is 260 g/mol. The largest absolute Gasteiger partial charge is 0.301 e. The minimum absolute atomic E-state index is 0.220. The minimum atomic E-state index is 0.220. The molecule has 0 aliphatic carbocycles. The zero-order valence-corrected chi connectivity index (χ0v) is 13.2. The van der Waals surface area contributed by atoms with E-state index in [0.717, 1.165) is 0 Å². The normalized spacial score (nSPS) is 33.6. The summed E-state index contributed by atoms with van der Waals surface area (Å²) >= 11 is 0. The van der Waals surface area contributed by atoms with Crippen LogP contribution in [0.2, 0.25) is 0 Å². The Labute approximate surface area is 127 Å². The van der Waals surface area contributed by atoms with Crippen LogP contribution in [-0.2, 0) is 0 Å². The molecule has 3 unspecified atom stereocenters. The number of hydrogen-bond acceptors (Lipinski definition) is 4. The van der Waals surface area contributed by atoms with E-state index in [0.29, 0.717) is 18.1 Å². The first-order valence-electron chi connectivity index (χ1n) is 7.90. The molecule has 0 spiro atoms. The molecule has 2 heterocycles. The molecule has 1 saturated heterocycles. The summed E-state index contributed by atoms with van der Waals surface area (Å²) in [4.78, 5) is 2.48. The molecule has 3 rings (SSSR count). The van der Waals surface area contributed by atoms with E-state index >= 15 is 0 Å². The van der Waals surface area contributed by atoms with Gasteiger partial charge >= 0.3 is 0 Å². The molecule has 4 heteroatoms. The number of nitrogens with one attached hydrogen (secondary N) is 2.